The van der Waals surface area contributed by atoms with Crippen LogP contribution >= 0.6 is 23.2 Å². The highest BCUT2D eigenvalue weighted by Crippen LogP contribution is 2.84. The third kappa shape index (κ3) is 0.838. The quantitative estimate of drug-likeness (QED) is 0.611. The van der Waals surface area contributed by atoms with E-state index in [2.05, 4.69) is 0 Å². The standard InChI is InChI=1S/C13H18Cl2O5/c1-8(2)7-5-9(14)10(16)6-19-13(10,20-8)11(7,15)12(9,17-3)18-4/h7,16H,5-6H2,1-4H3. The van der Waals surface area contributed by atoms with E-state index >= 15 is 0 Å². The molecule has 0 radical (unpaired) electrons. The summed E-state index contributed by atoms with van der Waals surface area (Å²) in [6, 6.07) is 0. The molecule has 2 saturated heterocycles. The van der Waals surface area contributed by atoms with Crippen LogP contribution in [0.1, 0.15) is 20.3 Å². The second kappa shape index (κ2) is 3.18. The molecule has 0 aromatic heterocycles. The first-order chi connectivity index (χ1) is 9.12. The van der Waals surface area contributed by atoms with Gasteiger partial charge in [0.25, 0.3) is 0 Å². The Kier molecular flexibility index (Phi) is 2.23. The zero-order chi connectivity index (χ0) is 14.8. The van der Waals surface area contributed by atoms with Gasteiger partial charge in [0.2, 0.25) is 11.6 Å². The van der Waals surface area contributed by atoms with Crippen molar-refractivity contribution in [2.75, 3.05) is 20.8 Å². The SMILES string of the molecule is COC1(OC)C2(Cl)CC3C(C)(C)OC4(OCC24O)C31Cl. The van der Waals surface area contributed by atoms with Crippen LogP contribution < -0.4 is 0 Å². The zero-order valence-corrected chi connectivity index (χ0v) is 13.3. The van der Waals surface area contributed by atoms with Crippen LogP contribution in [0.25, 0.3) is 0 Å². The Morgan fingerprint density at radius 2 is 1.80 bits per heavy atom. The summed E-state index contributed by atoms with van der Waals surface area (Å²) in [6.45, 7) is 3.91. The molecule has 1 spiro atoms. The minimum atomic E-state index is -1.43. The number of rotatable bonds is 2. The maximum atomic E-state index is 11.1. The first-order valence-corrected chi connectivity index (χ1v) is 7.43. The largest absolute Gasteiger partial charge is 0.380 e. The predicted molar refractivity (Wildman–Crippen MR) is 70.8 cm³/mol. The number of methoxy groups -OCH3 is 2. The Labute approximate surface area is 127 Å². The van der Waals surface area contributed by atoms with Gasteiger partial charge in [0.15, 0.2) is 10.5 Å². The number of hydrogen-bond donors (Lipinski definition) is 1. The van der Waals surface area contributed by atoms with Crippen molar-refractivity contribution < 1.29 is 24.1 Å². The lowest BCUT2D eigenvalue weighted by Gasteiger charge is -2.56. The van der Waals surface area contributed by atoms with Crippen molar-refractivity contribution in [2.24, 2.45) is 5.92 Å². The fourth-order valence-electron chi connectivity index (χ4n) is 5.14. The van der Waals surface area contributed by atoms with Gasteiger partial charge in [0.1, 0.15) is 4.87 Å². The Bertz CT molecular complexity index is 505. The van der Waals surface area contributed by atoms with Crippen molar-refractivity contribution in [3.63, 3.8) is 0 Å². The van der Waals surface area contributed by atoms with Gasteiger partial charge in [0.05, 0.1) is 12.2 Å². The fourth-order valence-corrected chi connectivity index (χ4v) is 6.73. The zero-order valence-electron chi connectivity index (χ0n) is 11.8. The van der Waals surface area contributed by atoms with Gasteiger partial charge in [-0.05, 0) is 20.3 Å². The molecule has 7 heteroatoms. The molecule has 5 nitrogen and oxygen atoms in total. The summed E-state index contributed by atoms with van der Waals surface area (Å²) in [6.07, 6.45) is 0.439. The molecule has 0 aromatic rings. The Balaban J connectivity index is 2.07. The molecular formula is C13H18Cl2O5. The molecular weight excluding hydrogens is 307 g/mol. The van der Waals surface area contributed by atoms with Gasteiger partial charge >= 0.3 is 0 Å². The number of alkyl halides is 2. The number of halogens is 2. The van der Waals surface area contributed by atoms with E-state index in [1.807, 2.05) is 13.8 Å². The average molecular weight is 325 g/mol. The average Bonchev–Trinajstić information content (AvgIpc) is 2.72. The minimum Gasteiger partial charge on any atom is -0.380 e. The summed E-state index contributed by atoms with van der Waals surface area (Å²) in [5.74, 6) is -2.91. The molecule has 4 fully saturated rings. The van der Waals surface area contributed by atoms with Crippen LogP contribution in [0.5, 0.6) is 0 Å². The molecule has 2 heterocycles. The molecule has 4 rings (SSSR count). The highest BCUT2D eigenvalue weighted by molar-refractivity contribution is 6.33. The van der Waals surface area contributed by atoms with Crippen LogP contribution in [0.2, 0.25) is 0 Å². The lowest BCUT2D eigenvalue weighted by molar-refractivity contribution is -0.410. The van der Waals surface area contributed by atoms with Crippen LogP contribution in [0.15, 0.2) is 0 Å². The van der Waals surface area contributed by atoms with Crippen molar-refractivity contribution in [1.82, 2.24) is 0 Å². The molecule has 2 bridgehead atoms. The molecule has 4 aliphatic rings. The highest BCUT2D eigenvalue weighted by Gasteiger charge is 3.04. The van der Waals surface area contributed by atoms with E-state index < -0.39 is 32.5 Å². The molecule has 0 amide bonds. The third-order valence-corrected chi connectivity index (χ3v) is 7.43. The molecule has 5 unspecified atom stereocenters. The maximum Gasteiger partial charge on any atom is 0.228 e. The van der Waals surface area contributed by atoms with Crippen LogP contribution in [-0.4, -0.2) is 58.5 Å². The molecule has 114 valence electrons. The summed E-state index contributed by atoms with van der Waals surface area (Å²) in [4.78, 5) is -2.40. The maximum absolute atomic E-state index is 11.1. The minimum absolute atomic E-state index is 0.0578. The van der Waals surface area contributed by atoms with Gasteiger partial charge < -0.3 is 24.1 Å². The van der Waals surface area contributed by atoms with E-state index in [9.17, 15) is 5.11 Å². The van der Waals surface area contributed by atoms with Gasteiger partial charge in [-0.1, -0.05) is 0 Å². The van der Waals surface area contributed by atoms with Crippen LogP contribution in [0.3, 0.4) is 0 Å². The van der Waals surface area contributed by atoms with Crippen molar-refractivity contribution >= 4 is 23.2 Å². The van der Waals surface area contributed by atoms with Gasteiger partial charge in [-0.15, -0.1) is 23.2 Å². The predicted octanol–water partition coefficient (Wildman–Crippen LogP) is 1.23. The van der Waals surface area contributed by atoms with Gasteiger partial charge in [-0.25, -0.2) is 0 Å². The number of ether oxygens (including phenoxy) is 4. The van der Waals surface area contributed by atoms with Crippen LogP contribution in [-0.2, 0) is 18.9 Å². The van der Waals surface area contributed by atoms with E-state index in [0.717, 1.165) is 0 Å². The lowest BCUT2D eigenvalue weighted by Crippen LogP contribution is -2.77. The third-order valence-electron chi connectivity index (χ3n) is 5.95. The topological polar surface area (TPSA) is 57.2 Å². The van der Waals surface area contributed by atoms with E-state index in [1.54, 1.807) is 0 Å². The van der Waals surface area contributed by atoms with E-state index in [4.69, 9.17) is 42.1 Å². The second-order valence-corrected chi connectivity index (χ2v) is 8.01. The molecule has 2 aliphatic carbocycles. The summed E-state index contributed by atoms with van der Waals surface area (Å²) in [5, 5.41) is 11.1. The highest BCUT2D eigenvalue weighted by atomic mass is 35.5. The van der Waals surface area contributed by atoms with Crippen molar-refractivity contribution in [2.45, 2.75) is 52.8 Å². The monoisotopic (exact) mass is 324 g/mol. The van der Waals surface area contributed by atoms with Crippen LogP contribution in [0.4, 0.5) is 0 Å². The molecule has 5 atom stereocenters. The Morgan fingerprint density at radius 1 is 1.20 bits per heavy atom. The summed E-state index contributed by atoms with van der Waals surface area (Å²) in [7, 11) is 2.97. The molecule has 20 heavy (non-hydrogen) atoms. The smallest absolute Gasteiger partial charge is 0.228 e. The number of aliphatic hydroxyl groups is 1. The van der Waals surface area contributed by atoms with Gasteiger partial charge in [-0.3, -0.25) is 0 Å². The van der Waals surface area contributed by atoms with Crippen molar-refractivity contribution in [1.29, 1.82) is 0 Å². The summed E-state index contributed by atoms with van der Waals surface area (Å²) in [5.41, 5.74) is -2.02. The lowest BCUT2D eigenvalue weighted by atomic mass is 9.69. The van der Waals surface area contributed by atoms with Crippen molar-refractivity contribution in [3.8, 4) is 0 Å². The second-order valence-electron chi connectivity index (χ2n) is 6.77. The van der Waals surface area contributed by atoms with E-state index in [-0.39, 0.29) is 12.5 Å². The van der Waals surface area contributed by atoms with E-state index in [0.29, 0.717) is 6.42 Å². The fraction of sp³-hybridized carbons (Fsp3) is 1.00. The van der Waals surface area contributed by atoms with Crippen molar-refractivity contribution in [3.05, 3.63) is 0 Å². The normalized spacial score (nSPS) is 60.5. The van der Waals surface area contributed by atoms with Gasteiger partial charge in [0, 0.05) is 20.1 Å². The first-order valence-electron chi connectivity index (χ1n) is 6.67. The molecule has 1 N–H and O–H groups in total. The Hall–Kier alpha value is 0.380. The van der Waals surface area contributed by atoms with Crippen LogP contribution in [0, 0.1) is 5.92 Å². The molecule has 2 saturated carbocycles. The summed E-state index contributed by atoms with van der Waals surface area (Å²) < 4.78 is 23.1. The molecule has 2 aliphatic heterocycles. The first kappa shape index (κ1) is 14.0. The summed E-state index contributed by atoms with van der Waals surface area (Å²) >= 11 is 13.8. The Morgan fingerprint density at radius 3 is 2.25 bits per heavy atom. The number of fused-ring (bicyclic) bond motifs is 2. The van der Waals surface area contributed by atoms with Gasteiger partial charge in [-0.2, -0.15) is 0 Å². The van der Waals surface area contributed by atoms with E-state index in [1.165, 1.54) is 14.2 Å². The molecule has 0 aromatic carbocycles. The number of hydrogen-bond acceptors (Lipinski definition) is 5.